The summed E-state index contributed by atoms with van der Waals surface area (Å²) < 4.78 is 10.4. The molecule has 27 heavy (non-hydrogen) atoms. The Morgan fingerprint density at radius 3 is 1.93 bits per heavy atom. The summed E-state index contributed by atoms with van der Waals surface area (Å²) >= 11 is 0. The van der Waals surface area contributed by atoms with Crippen LogP contribution >= 0.6 is 0 Å². The standard InChI is InChI=1S/C22H35NO4/c1-4-5-6-7-8-9-10-11-16-26-21(24)19-13-12-14-20(23-19)22(25)27-17-15-18(2)3/h12-14,18H,4-11,15-17H2,1-3H3. The molecule has 0 radical (unpaired) electrons. The molecule has 0 fully saturated rings. The van der Waals surface area contributed by atoms with Gasteiger partial charge in [0.05, 0.1) is 13.2 Å². The Kier molecular flexibility index (Phi) is 12.2. The highest BCUT2D eigenvalue weighted by molar-refractivity contribution is 5.91. The zero-order valence-corrected chi connectivity index (χ0v) is 17.2. The van der Waals surface area contributed by atoms with Crippen LogP contribution in [0.5, 0.6) is 0 Å². The molecule has 1 rings (SSSR count). The van der Waals surface area contributed by atoms with Gasteiger partial charge < -0.3 is 9.47 Å². The number of aromatic nitrogens is 1. The fourth-order valence-electron chi connectivity index (χ4n) is 2.60. The molecule has 1 aromatic heterocycles. The van der Waals surface area contributed by atoms with Gasteiger partial charge in [-0.3, -0.25) is 0 Å². The highest BCUT2D eigenvalue weighted by Crippen LogP contribution is 2.09. The van der Waals surface area contributed by atoms with Gasteiger partial charge in [0, 0.05) is 0 Å². The molecule has 0 aliphatic heterocycles. The molecule has 152 valence electrons. The van der Waals surface area contributed by atoms with Gasteiger partial charge >= 0.3 is 11.9 Å². The molecular formula is C22H35NO4. The van der Waals surface area contributed by atoms with Gasteiger partial charge in [0.25, 0.3) is 0 Å². The molecule has 1 aromatic rings. The van der Waals surface area contributed by atoms with Crippen molar-refractivity contribution >= 4 is 11.9 Å². The summed E-state index contributed by atoms with van der Waals surface area (Å²) in [6.45, 7) is 7.09. The Morgan fingerprint density at radius 1 is 0.852 bits per heavy atom. The van der Waals surface area contributed by atoms with Crippen LogP contribution < -0.4 is 0 Å². The number of carbonyl (C=O) groups is 2. The van der Waals surface area contributed by atoms with Crippen molar-refractivity contribution in [2.75, 3.05) is 13.2 Å². The topological polar surface area (TPSA) is 65.5 Å². The van der Waals surface area contributed by atoms with Crippen molar-refractivity contribution < 1.29 is 19.1 Å². The van der Waals surface area contributed by atoms with E-state index < -0.39 is 11.9 Å². The van der Waals surface area contributed by atoms with Crippen molar-refractivity contribution in [3.63, 3.8) is 0 Å². The van der Waals surface area contributed by atoms with Crippen molar-refractivity contribution in [3.05, 3.63) is 29.6 Å². The predicted molar refractivity (Wildman–Crippen MR) is 107 cm³/mol. The number of hydrogen-bond donors (Lipinski definition) is 0. The summed E-state index contributed by atoms with van der Waals surface area (Å²) in [5, 5.41) is 0. The molecule has 0 aliphatic carbocycles. The van der Waals surface area contributed by atoms with Gasteiger partial charge in [-0.25, -0.2) is 14.6 Å². The number of pyridine rings is 1. The number of rotatable bonds is 14. The highest BCUT2D eigenvalue weighted by Gasteiger charge is 2.14. The molecule has 0 atom stereocenters. The van der Waals surface area contributed by atoms with Crippen LogP contribution in [0.15, 0.2) is 18.2 Å². The van der Waals surface area contributed by atoms with E-state index in [4.69, 9.17) is 9.47 Å². The fourth-order valence-corrected chi connectivity index (χ4v) is 2.60. The van der Waals surface area contributed by atoms with Gasteiger partial charge in [-0.05, 0) is 30.9 Å². The van der Waals surface area contributed by atoms with E-state index in [1.165, 1.54) is 38.5 Å². The number of ether oxygens (including phenoxy) is 2. The quantitative estimate of drug-likeness (QED) is 0.313. The van der Waals surface area contributed by atoms with Gasteiger partial charge in [0.2, 0.25) is 0 Å². The lowest BCUT2D eigenvalue weighted by Crippen LogP contribution is -2.14. The lowest BCUT2D eigenvalue weighted by atomic mass is 10.1. The zero-order valence-electron chi connectivity index (χ0n) is 17.2. The summed E-state index contributed by atoms with van der Waals surface area (Å²) in [6, 6.07) is 4.73. The molecule has 5 nitrogen and oxygen atoms in total. The van der Waals surface area contributed by atoms with Gasteiger partial charge in [-0.1, -0.05) is 71.8 Å². The molecule has 0 aromatic carbocycles. The second-order valence-electron chi connectivity index (χ2n) is 7.34. The Hall–Kier alpha value is -1.91. The fraction of sp³-hybridized carbons (Fsp3) is 0.682. The van der Waals surface area contributed by atoms with Crippen molar-refractivity contribution in [1.82, 2.24) is 4.98 Å². The second-order valence-corrected chi connectivity index (χ2v) is 7.34. The molecule has 0 spiro atoms. The average Bonchev–Trinajstić information content (AvgIpc) is 2.66. The van der Waals surface area contributed by atoms with E-state index in [0.29, 0.717) is 19.1 Å². The predicted octanol–water partition coefficient (Wildman–Crippen LogP) is 5.58. The number of hydrogen-bond acceptors (Lipinski definition) is 5. The van der Waals surface area contributed by atoms with E-state index in [9.17, 15) is 9.59 Å². The number of nitrogens with zero attached hydrogens (tertiary/aromatic N) is 1. The first-order valence-corrected chi connectivity index (χ1v) is 10.4. The molecule has 0 saturated heterocycles. The van der Waals surface area contributed by atoms with Crippen LogP contribution in [0.3, 0.4) is 0 Å². The largest absolute Gasteiger partial charge is 0.461 e. The first-order valence-electron chi connectivity index (χ1n) is 10.4. The SMILES string of the molecule is CCCCCCCCCCOC(=O)c1cccc(C(=O)OCCC(C)C)n1. The molecule has 0 saturated carbocycles. The maximum Gasteiger partial charge on any atom is 0.356 e. The van der Waals surface area contributed by atoms with Crippen LogP contribution in [0.1, 0.15) is 99.5 Å². The Bertz CT molecular complexity index is 557. The third-order valence-corrected chi connectivity index (χ3v) is 4.33. The summed E-state index contributed by atoms with van der Waals surface area (Å²) in [5.41, 5.74) is 0.285. The molecule has 0 N–H and O–H groups in total. The highest BCUT2D eigenvalue weighted by atomic mass is 16.5. The molecule has 0 amide bonds. The van der Waals surface area contributed by atoms with Crippen LogP contribution in [0.25, 0.3) is 0 Å². The van der Waals surface area contributed by atoms with Crippen molar-refractivity contribution in [2.24, 2.45) is 5.92 Å². The van der Waals surface area contributed by atoms with Gasteiger partial charge in [0.15, 0.2) is 0 Å². The molecule has 0 aliphatic rings. The molecule has 0 unspecified atom stereocenters. The Balaban J connectivity index is 2.27. The number of unbranched alkanes of at least 4 members (excludes halogenated alkanes) is 7. The lowest BCUT2D eigenvalue weighted by Gasteiger charge is -2.08. The summed E-state index contributed by atoms with van der Waals surface area (Å²) in [6.07, 6.45) is 10.3. The number of carbonyl (C=O) groups excluding carboxylic acids is 2. The number of esters is 2. The zero-order chi connectivity index (χ0) is 19.9. The third-order valence-electron chi connectivity index (χ3n) is 4.33. The van der Waals surface area contributed by atoms with E-state index in [2.05, 4.69) is 25.8 Å². The lowest BCUT2D eigenvalue weighted by molar-refractivity contribution is 0.0476. The second kappa shape index (κ2) is 14.2. The van der Waals surface area contributed by atoms with Crippen LogP contribution in [0.2, 0.25) is 0 Å². The summed E-state index contributed by atoms with van der Waals surface area (Å²) in [4.78, 5) is 28.2. The third kappa shape index (κ3) is 10.7. The van der Waals surface area contributed by atoms with Gasteiger partial charge in [-0.15, -0.1) is 0 Å². The van der Waals surface area contributed by atoms with Gasteiger partial charge in [-0.2, -0.15) is 0 Å². The molecule has 5 heteroatoms. The van der Waals surface area contributed by atoms with Crippen LogP contribution in [-0.4, -0.2) is 30.1 Å². The van der Waals surface area contributed by atoms with Crippen LogP contribution in [-0.2, 0) is 9.47 Å². The first kappa shape index (κ1) is 23.1. The maximum atomic E-state index is 12.1. The van der Waals surface area contributed by atoms with Crippen LogP contribution in [0, 0.1) is 5.92 Å². The van der Waals surface area contributed by atoms with E-state index in [-0.39, 0.29) is 11.4 Å². The maximum absolute atomic E-state index is 12.1. The molecular weight excluding hydrogens is 342 g/mol. The minimum Gasteiger partial charge on any atom is -0.461 e. The monoisotopic (exact) mass is 377 g/mol. The Morgan fingerprint density at radius 2 is 1.37 bits per heavy atom. The smallest absolute Gasteiger partial charge is 0.356 e. The van der Waals surface area contributed by atoms with E-state index in [1.54, 1.807) is 18.2 Å². The summed E-state index contributed by atoms with van der Waals surface area (Å²) in [5.74, 6) is -0.536. The Labute approximate surface area is 163 Å². The molecule has 1 heterocycles. The van der Waals surface area contributed by atoms with E-state index in [0.717, 1.165) is 19.3 Å². The minimum atomic E-state index is -0.506. The minimum absolute atomic E-state index is 0.139. The van der Waals surface area contributed by atoms with Crippen molar-refractivity contribution in [1.29, 1.82) is 0 Å². The molecule has 0 bridgehead atoms. The average molecular weight is 378 g/mol. The summed E-state index contributed by atoms with van der Waals surface area (Å²) in [7, 11) is 0. The van der Waals surface area contributed by atoms with Gasteiger partial charge in [0.1, 0.15) is 11.4 Å². The first-order chi connectivity index (χ1) is 13.0. The normalized spacial score (nSPS) is 10.8. The van der Waals surface area contributed by atoms with Crippen LogP contribution in [0.4, 0.5) is 0 Å². The van der Waals surface area contributed by atoms with E-state index in [1.807, 2.05) is 0 Å². The van der Waals surface area contributed by atoms with Crippen molar-refractivity contribution in [3.8, 4) is 0 Å². The van der Waals surface area contributed by atoms with E-state index >= 15 is 0 Å². The van der Waals surface area contributed by atoms with Crippen molar-refractivity contribution in [2.45, 2.75) is 78.6 Å².